The van der Waals surface area contributed by atoms with Crippen molar-refractivity contribution in [3.05, 3.63) is 58.5 Å². The smallest absolute Gasteiger partial charge is 0.250 e. The van der Waals surface area contributed by atoms with Crippen molar-refractivity contribution >= 4 is 58.2 Å². The van der Waals surface area contributed by atoms with E-state index in [1.807, 2.05) is 0 Å². The number of halogens is 2. The van der Waals surface area contributed by atoms with Crippen molar-refractivity contribution in [2.75, 3.05) is 5.32 Å². The van der Waals surface area contributed by atoms with Gasteiger partial charge in [0.15, 0.2) is 5.11 Å². The molecule has 0 saturated heterocycles. The van der Waals surface area contributed by atoms with E-state index in [0.29, 0.717) is 21.5 Å². The molecule has 1 heterocycles. The topological polar surface area (TPSA) is 54.3 Å². The molecule has 21 heavy (non-hydrogen) atoms. The summed E-state index contributed by atoms with van der Waals surface area (Å²) in [6, 6.07) is 8.53. The van der Waals surface area contributed by atoms with Crippen LogP contribution in [0.3, 0.4) is 0 Å². The average molecular weight is 341 g/mol. The number of hydrogen-bond donors (Lipinski definition) is 2. The van der Waals surface area contributed by atoms with E-state index in [-0.39, 0.29) is 11.0 Å². The monoisotopic (exact) mass is 340 g/mol. The van der Waals surface area contributed by atoms with E-state index in [1.165, 1.54) is 18.4 Å². The molecule has 0 saturated carbocycles. The Balaban J connectivity index is 1.92. The number of benzene rings is 1. The van der Waals surface area contributed by atoms with Crippen molar-refractivity contribution in [1.29, 1.82) is 0 Å². The molecule has 1 aromatic carbocycles. The second kappa shape index (κ2) is 7.26. The number of hydrogen-bond acceptors (Lipinski definition) is 3. The average Bonchev–Trinajstić information content (AvgIpc) is 2.95. The Morgan fingerprint density at radius 2 is 2.05 bits per heavy atom. The molecule has 4 nitrogen and oxygen atoms in total. The molecule has 2 aromatic rings. The first-order valence-corrected chi connectivity index (χ1v) is 7.00. The maximum atomic E-state index is 11.7. The van der Waals surface area contributed by atoms with Gasteiger partial charge in [-0.25, -0.2) is 0 Å². The van der Waals surface area contributed by atoms with Gasteiger partial charge in [0.05, 0.1) is 22.0 Å². The van der Waals surface area contributed by atoms with Gasteiger partial charge in [-0.3, -0.25) is 10.1 Å². The third kappa shape index (κ3) is 4.60. The van der Waals surface area contributed by atoms with Gasteiger partial charge in [0.25, 0.3) is 0 Å². The van der Waals surface area contributed by atoms with Gasteiger partial charge in [-0.2, -0.15) is 0 Å². The fourth-order valence-electron chi connectivity index (χ4n) is 1.45. The molecule has 108 valence electrons. The maximum absolute atomic E-state index is 11.7. The number of furan rings is 1. The van der Waals surface area contributed by atoms with Gasteiger partial charge in [0.2, 0.25) is 5.91 Å². The van der Waals surface area contributed by atoms with Gasteiger partial charge in [-0.05, 0) is 42.6 Å². The van der Waals surface area contributed by atoms with Crippen molar-refractivity contribution in [1.82, 2.24) is 5.32 Å². The van der Waals surface area contributed by atoms with Crippen molar-refractivity contribution in [3.8, 4) is 0 Å². The Bertz CT molecular complexity index is 684. The molecule has 7 heteroatoms. The maximum Gasteiger partial charge on any atom is 0.250 e. The third-order valence-corrected chi connectivity index (χ3v) is 3.40. The number of nitrogens with one attached hydrogen (secondary N) is 2. The van der Waals surface area contributed by atoms with Gasteiger partial charge < -0.3 is 9.73 Å². The van der Waals surface area contributed by atoms with E-state index in [4.69, 9.17) is 39.8 Å². The van der Waals surface area contributed by atoms with E-state index in [2.05, 4.69) is 10.6 Å². The lowest BCUT2D eigenvalue weighted by molar-refractivity contribution is -0.115. The molecule has 0 atom stereocenters. The molecular weight excluding hydrogens is 331 g/mol. The fraction of sp³-hybridized carbons (Fsp3) is 0. The molecule has 0 bridgehead atoms. The van der Waals surface area contributed by atoms with Crippen LogP contribution in [0.15, 0.2) is 47.1 Å². The normalized spacial score (nSPS) is 10.6. The Morgan fingerprint density at radius 1 is 1.24 bits per heavy atom. The van der Waals surface area contributed by atoms with E-state index >= 15 is 0 Å². The molecule has 2 rings (SSSR count). The molecule has 0 unspecified atom stereocenters. The van der Waals surface area contributed by atoms with E-state index in [0.717, 1.165) is 0 Å². The highest BCUT2D eigenvalue weighted by molar-refractivity contribution is 7.80. The van der Waals surface area contributed by atoms with Crippen LogP contribution in [0.25, 0.3) is 6.08 Å². The molecule has 0 fully saturated rings. The number of carbonyl (C=O) groups is 1. The largest absolute Gasteiger partial charge is 0.465 e. The molecule has 0 spiro atoms. The molecule has 0 radical (unpaired) electrons. The predicted molar refractivity (Wildman–Crippen MR) is 88.6 cm³/mol. The molecule has 2 N–H and O–H groups in total. The predicted octanol–water partition coefficient (Wildman–Crippen LogP) is 4.11. The Hall–Kier alpha value is -1.82. The molecule has 1 amide bonds. The van der Waals surface area contributed by atoms with Crippen LogP contribution in [0.1, 0.15) is 5.76 Å². The molecular formula is C14H10Cl2N2O2S. The van der Waals surface area contributed by atoms with E-state index in [1.54, 1.807) is 30.3 Å². The van der Waals surface area contributed by atoms with Crippen molar-refractivity contribution < 1.29 is 9.21 Å². The second-order valence-electron chi connectivity index (χ2n) is 3.89. The Morgan fingerprint density at radius 3 is 2.76 bits per heavy atom. The van der Waals surface area contributed by atoms with Gasteiger partial charge in [0.1, 0.15) is 5.76 Å². The highest BCUT2D eigenvalue weighted by Crippen LogP contribution is 2.29. The number of amides is 1. The van der Waals surface area contributed by atoms with Crippen LogP contribution in [0.5, 0.6) is 0 Å². The first-order valence-electron chi connectivity index (χ1n) is 5.84. The number of anilines is 1. The van der Waals surface area contributed by atoms with Crippen molar-refractivity contribution in [2.45, 2.75) is 0 Å². The molecule has 0 aliphatic heterocycles. The Kier molecular flexibility index (Phi) is 5.38. The summed E-state index contributed by atoms with van der Waals surface area (Å²) in [5.74, 6) is 0.184. The quantitative estimate of drug-likeness (QED) is 0.652. The van der Waals surface area contributed by atoms with Crippen LogP contribution in [-0.4, -0.2) is 11.0 Å². The van der Waals surface area contributed by atoms with Crippen molar-refractivity contribution in [2.24, 2.45) is 0 Å². The summed E-state index contributed by atoms with van der Waals surface area (Å²) in [6.07, 6.45) is 4.36. The summed E-state index contributed by atoms with van der Waals surface area (Å²) in [4.78, 5) is 11.7. The summed E-state index contributed by atoms with van der Waals surface area (Å²) >= 11 is 16.9. The fourth-order valence-corrected chi connectivity index (χ4v) is 2.01. The number of rotatable bonds is 3. The summed E-state index contributed by atoms with van der Waals surface area (Å²) < 4.78 is 5.07. The standard InChI is InChI=1S/C14H10Cl2N2O2S/c15-10-4-1-5-11(13(10)16)17-14(21)18-12(19)7-6-9-3-2-8-20-9/h1-8H,(H2,17,18,19,21). The van der Waals surface area contributed by atoms with Crippen LogP contribution >= 0.6 is 35.4 Å². The molecule has 0 aliphatic rings. The summed E-state index contributed by atoms with van der Waals surface area (Å²) in [5, 5.41) is 6.14. The minimum absolute atomic E-state index is 0.119. The van der Waals surface area contributed by atoms with Crippen LogP contribution in [-0.2, 0) is 4.79 Å². The summed E-state index contributed by atoms with van der Waals surface area (Å²) in [5.41, 5.74) is 0.518. The van der Waals surface area contributed by atoms with Crippen molar-refractivity contribution in [3.63, 3.8) is 0 Å². The van der Waals surface area contributed by atoms with Crippen LogP contribution in [0, 0.1) is 0 Å². The first kappa shape index (κ1) is 15.6. The zero-order valence-electron chi connectivity index (χ0n) is 10.6. The van der Waals surface area contributed by atoms with E-state index < -0.39 is 0 Å². The van der Waals surface area contributed by atoms with Gasteiger partial charge in [-0.15, -0.1) is 0 Å². The highest BCUT2D eigenvalue weighted by atomic mass is 35.5. The number of carbonyl (C=O) groups excluding carboxylic acids is 1. The van der Waals surface area contributed by atoms with Crippen LogP contribution in [0.2, 0.25) is 10.0 Å². The lowest BCUT2D eigenvalue weighted by Gasteiger charge is -2.10. The Labute approximate surface area is 136 Å². The van der Waals surface area contributed by atoms with Crippen LogP contribution < -0.4 is 10.6 Å². The lowest BCUT2D eigenvalue weighted by Crippen LogP contribution is -2.32. The molecule has 0 aliphatic carbocycles. The van der Waals surface area contributed by atoms with Gasteiger partial charge >= 0.3 is 0 Å². The summed E-state index contributed by atoms with van der Waals surface area (Å²) in [7, 11) is 0. The number of thiocarbonyl (C=S) groups is 1. The van der Waals surface area contributed by atoms with E-state index in [9.17, 15) is 4.79 Å². The third-order valence-electron chi connectivity index (χ3n) is 2.38. The first-order chi connectivity index (χ1) is 10.1. The minimum Gasteiger partial charge on any atom is -0.465 e. The summed E-state index contributed by atoms with van der Waals surface area (Å²) in [6.45, 7) is 0. The van der Waals surface area contributed by atoms with Gasteiger partial charge in [-0.1, -0.05) is 29.3 Å². The zero-order chi connectivity index (χ0) is 15.2. The zero-order valence-corrected chi connectivity index (χ0v) is 12.9. The molecule has 1 aromatic heterocycles. The highest BCUT2D eigenvalue weighted by Gasteiger charge is 2.07. The second-order valence-corrected chi connectivity index (χ2v) is 5.09. The lowest BCUT2D eigenvalue weighted by atomic mass is 10.3. The SMILES string of the molecule is O=C(C=Cc1ccco1)NC(=S)Nc1cccc(Cl)c1Cl. The minimum atomic E-state index is -0.387. The van der Waals surface area contributed by atoms with Gasteiger partial charge in [0, 0.05) is 6.08 Å². The van der Waals surface area contributed by atoms with Crippen LogP contribution in [0.4, 0.5) is 5.69 Å².